The molecule has 0 bridgehead atoms. The van der Waals surface area contributed by atoms with Gasteiger partial charge in [-0.15, -0.1) is 0 Å². The zero-order chi connectivity index (χ0) is 15.5. The quantitative estimate of drug-likeness (QED) is 0.821. The van der Waals surface area contributed by atoms with Crippen molar-refractivity contribution < 1.29 is 19.3 Å². The lowest BCUT2D eigenvalue weighted by molar-refractivity contribution is -0.152. The molecule has 6 nitrogen and oxygen atoms in total. The van der Waals surface area contributed by atoms with Crippen molar-refractivity contribution in [3.63, 3.8) is 0 Å². The molecule has 0 saturated carbocycles. The average Bonchev–Trinajstić information content (AvgIpc) is 2.96. The highest BCUT2D eigenvalue weighted by Crippen LogP contribution is 2.36. The normalized spacial score (nSPS) is 35.0. The van der Waals surface area contributed by atoms with Gasteiger partial charge < -0.3 is 14.9 Å². The van der Waals surface area contributed by atoms with Gasteiger partial charge in [0.2, 0.25) is 6.30 Å². The molecule has 2 heterocycles. The first-order chi connectivity index (χ1) is 10.7. The van der Waals surface area contributed by atoms with E-state index in [2.05, 4.69) is 10.3 Å². The van der Waals surface area contributed by atoms with Crippen LogP contribution in [-0.2, 0) is 4.74 Å². The summed E-state index contributed by atoms with van der Waals surface area (Å²) in [4.78, 5) is 1.01. The first kappa shape index (κ1) is 15.7. The fourth-order valence-corrected chi connectivity index (χ4v) is 3.76. The molecular weight excluding hydrogens is 309 g/mol. The molecule has 22 heavy (non-hydrogen) atoms. The third kappa shape index (κ3) is 3.24. The van der Waals surface area contributed by atoms with Gasteiger partial charge in [-0.25, -0.2) is 9.40 Å². The van der Waals surface area contributed by atoms with Crippen LogP contribution in [0.15, 0.2) is 45.6 Å². The summed E-state index contributed by atoms with van der Waals surface area (Å²) < 4.78 is 19.6. The SMILES string of the molecule is OC[C@H]1O[C@H](Sc2ccccc2)C[C@@H](N2N=NCC2F)[C@H]1O. The second kappa shape index (κ2) is 6.91. The number of halogens is 1. The van der Waals surface area contributed by atoms with E-state index in [4.69, 9.17) is 4.74 Å². The van der Waals surface area contributed by atoms with Gasteiger partial charge >= 0.3 is 0 Å². The van der Waals surface area contributed by atoms with Crippen molar-refractivity contribution in [1.29, 1.82) is 0 Å². The van der Waals surface area contributed by atoms with Crippen LogP contribution >= 0.6 is 11.8 Å². The lowest BCUT2D eigenvalue weighted by Gasteiger charge is -2.41. The number of thioether (sulfide) groups is 1. The van der Waals surface area contributed by atoms with Crippen molar-refractivity contribution in [2.24, 2.45) is 10.3 Å². The minimum Gasteiger partial charge on any atom is -0.394 e. The molecule has 120 valence electrons. The maximum atomic E-state index is 13.8. The summed E-state index contributed by atoms with van der Waals surface area (Å²) in [5.41, 5.74) is -0.295. The maximum absolute atomic E-state index is 13.8. The van der Waals surface area contributed by atoms with Crippen LogP contribution in [0.5, 0.6) is 0 Å². The maximum Gasteiger partial charge on any atom is 0.210 e. The topological polar surface area (TPSA) is 77.7 Å². The summed E-state index contributed by atoms with van der Waals surface area (Å²) in [7, 11) is 0. The van der Waals surface area contributed by atoms with Gasteiger partial charge in [0.25, 0.3) is 0 Å². The Balaban J connectivity index is 1.74. The van der Waals surface area contributed by atoms with Gasteiger partial charge in [-0.3, -0.25) is 0 Å². The van der Waals surface area contributed by atoms with Crippen LogP contribution in [0.3, 0.4) is 0 Å². The summed E-state index contributed by atoms with van der Waals surface area (Å²) >= 11 is 1.48. The van der Waals surface area contributed by atoms with Crippen molar-refractivity contribution in [3.05, 3.63) is 30.3 Å². The first-order valence-electron chi connectivity index (χ1n) is 7.15. The third-order valence-corrected chi connectivity index (χ3v) is 4.86. The molecule has 8 heteroatoms. The number of rotatable bonds is 4. The summed E-state index contributed by atoms with van der Waals surface area (Å²) in [5.74, 6) is 0. The Morgan fingerprint density at radius 1 is 1.36 bits per heavy atom. The molecule has 5 atom stereocenters. The zero-order valence-corrected chi connectivity index (χ0v) is 12.6. The Labute approximate surface area is 132 Å². The highest BCUT2D eigenvalue weighted by atomic mass is 32.2. The van der Waals surface area contributed by atoms with Crippen molar-refractivity contribution >= 4 is 11.8 Å². The molecule has 1 aromatic carbocycles. The number of hydrogen-bond donors (Lipinski definition) is 2. The van der Waals surface area contributed by atoms with E-state index < -0.39 is 24.5 Å². The Kier molecular flexibility index (Phi) is 4.92. The van der Waals surface area contributed by atoms with Gasteiger partial charge in [-0.05, 0) is 12.1 Å². The average molecular weight is 327 g/mol. The Hall–Kier alpha value is -1.22. The van der Waals surface area contributed by atoms with E-state index in [-0.39, 0.29) is 18.6 Å². The van der Waals surface area contributed by atoms with Crippen LogP contribution in [0.25, 0.3) is 0 Å². The van der Waals surface area contributed by atoms with Gasteiger partial charge in [0.1, 0.15) is 24.2 Å². The van der Waals surface area contributed by atoms with Crippen LogP contribution in [0.2, 0.25) is 0 Å². The van der Waals surface area contributed by atoms with E-state index in [9.17, 15) is 14.6 Å². The molecule has 0 aromatic heterocycles. The first-order valence-corrected chi connectivity index (χ1v) is 8.03. The molecule has 3 rings (SSSR count). The monoisotopic (exact) mass is 327 g/mol. The summed E-state index contributed by atoms with van der Waals surface area (Å²) in [5, 5.41) is 28.3. The third-order valence-electron chi connectivity index (χ3n) is 3.75. The molecule has 2 N–H and O–H groups in total. The van der Waals surface area contributed by atoms with Crippen molar-refractivity contribution in [1.82, 2.24) is 5.01 Å². The predicted molar refractivity (Wildman–Crippen MR) is 78.9 cm³/mol. The molecule has 0 radical (unpaired) electrons. The number of aliphatic hydroxyl groups excluding tert-OH is 2. The molecule has 0 spiro atoms. The number of aliphatic hydroxyl groups is 2. The van der Waals surface area contributed by atoms with Crippen molar-refractivity contribution in [2.45, 2.75) is 41.3 Å². The number of benzene rings is 1. The molecule has 2 aliphatic heterocycles. The summed E-state index contributed by atoms with van der Waals surface area (Å²) in [6.45, 7) is -0.351. The minimum atomic E-state index is -1.33. The lowest BCUT2D eigenvalue weighted by Crippen LogP contribution is -2.56. The van der Waals surface area contributed by atoms with Crippen LogP contribution in [0.1, 0.15) is 6.42 Å². The number of hydrogen-bond acceptors (Lipinski definition) is 7. The highest BCUT2D eigenvalue weighted by molar-refractivity contribution is 7.99. The highest BCUT2D eigenvalue weighted by Gasteiger charge is 2.44. The zero-order valence-electron chi connectivity index (χ0n) is 11.8. The molecule has 1 aromatic rings. The molecule has 0 amide bonds. The van der Waals surface area contributed by atoms with E-state index in [0.717, 1.165) is 4.90 Å². The Bertz CT molecular complexity index is 521. The van der Waals surface area contributed by atoms with Gasteiger partial charge in [0.05, 0.1) is 12.6 Å². The predicted octanol–water partition coefficient (Wildman–Crippen LogP) is 1.59. The van der Waals surface area contributed by atoms with Crippen LogP contribution in [0.4, 0.5) is 4.39 Å². The molecule has 1 fully saturated rings. The number of nitrogens with zero attached hydrogens (tertiary/aromatic N) is 3. The van der Waals surface area contributed by atoms with E-state index >= 15 is 0 Å². The number of alkyl halides is 1. The Morgan fingerprint density at radius 3 is 2.77 bits per heavy atom. The van der Waals surface area contributed by atoms with E-state index in [1.54, 1.807) is 0 Å². The van der Waals surface area contributed by atoms with Gasteiger partial charge in [-0.1, -0.05) is 35.2 Å². The molecule has 2 aliphatic rings. The van der Waals surface area contributed by atoms with E-state index in [0.29, 0.717) is 6.42 Å². The fourth-order valence-electron chi connectivity index (χ4n) is 2.65. The largest absolute Gasteiger partial charge is 0.394 e. The smallest absolute Gasteiger partial charge is 0.210 e. The molecule has 1 saturated heterocycles. The second-order valence-corrected chi connectivity index (χ2v) is 6.47. The second-order valence-electron chi connectivity index (χ2n) is 5.24. The van der Waals surface area contributed by atoms with Crippen LogP contribution < -0.4 is 0 Å². The lowest BCUT2D eigenvalue weighted by atomic mass is 9.99. The Morgan fingerprint density at radius 2 is 2.14 bits per heavy atom. The standard InChI is InChI=1S/C14H18FN3O3S/c15-12-7-16-17-18(12)10-6-13(21-11(8-19)14(10)20)22-9-4-2-1-3-5-9/h1-5,10-14,19-20H,6-8H2/t10-,11-,12?,13-,14-/m1/s1. The summed E-state index contributed by atoms with van der Waals surface area (Å²) in [6.07, 6.45) is -2.70. The molecular formula is C14H18FN3O3S. The minimum absolute atomic E-state index is 0.0234. The van der Waals surface area contributed by atoms with Crippen molar-refractivity contribution in [3.8, 4) is 0 Å². The van der Waals surface area contributed by atoms with Crippen LogP contribution in [0, 0.1) is 0 Å². The van der Waals surface area contributed by atoms with E-state index in [1.165, 1.54) is 16.8 Å². The van der Waals surface area contributed by atoms with E-state index in [1.807, 2.05) is 30.3 Å². The van der Waals surface area contributed by atoms with Gasteiger partial charge in [0.15, 0.2) is 0 Å². The van der Waals surface area contributed by atoms with Gasteiger partial charge in [0, 0.05) is 11.3 Å². The van der Waals surface area contributed by atoms with Gasteiger partial charge in [-0.2, -0.15) is 5.11 Å². The van der Waals surface area contributed by atoms with Crippen LogP contribution in [-0.4, -0.2) is 58.4 Å². The summed E-state index contributed by atoms with van der Waals surface area (Å²) in [6, 6.07) is 9.12. The molecule has 0 aliphatic carbocycles. The fraction of sp³-hybridized carbons (Fsp3) is 0.571. The molecule has 1 unspecified atom stereocenters. The number of ether oxygens (including phenoxy) is 1. The van der Waals surface area contributed by atoms with Crippen molar-refractivity contribution in [2.75, 3.05) is 13.2 Å².